The van der Waals surface area contributed by atoms with Gasteiger partial charge in [0.25, 0.3) is 0 Å². The van der Waals surface area contributed by atoms with Gasteiger partial charge in [0.05, 0.1) is 11.8 Å². The smallest absolute Gasteiger partial charge is 0.410 e. The molecule has 0 radical (unpaired) electrons. The zero-order chi connectivity index (χ0) is 21.1. The van der Waals surface area contributed by atoms with Crippen molar-refractivity contribution < 1.29 is 13.9 Å². The second-order valence-corrected chi connectivity index (χ2v) is 8.32. The molecule has 9 nitrogen and oxygen atoms in total. The fourth-order valence-corrected chi connectivity index (χ4v) is 3.63. The van der Waals surface area contributed by atoms with Gasteiger partial charge in [0.1, 0.15) is 17.9 Å². The predicted molar refractivity (Wildman–Crippen MR) is 107 cm³/mol. The number of ether oxygens (including phenoxy) is 1. The Balaban J connectivity index is 1.62. The van der Waals surface area contributed by atoms with E-state index in [4.69, 9.17) is 9.15 Å². The first-order chi connectivity index (χ1) is 14.4. The van der Waals surface area contributed by atoms with Gasteiger partial charge in [-0.1, -0.05) is 0 Å². The summed E-state index contributed by atoms with van der Waals surface area (Å²) in [6, 6.07) is 5.33. The van der Waals surface area contributed by atoms with E-state index < -0.39 is 5.60 Å². The first kappa shape index (κ1) is 19.9. The van der Waals surface area contributed by atoms with Crippen LogP contribution in [0.15, 0.2) is 47.5 Å². The Morgan fingerprint density at radius 3 is 2.53 bits per heavy atom. The predicted octanol–water partition coefficient (Wildman–Crippen LogP) is 3.46. The first-order valence-corrected chi connectivity index (χ1v) is 9.89. The summed E-state index contributed by atoms with van der Waals surface area (Å²) in [4.78, 5) is 18.6. The minimum absolute atomic E-state index is 0.114. The van der Waals surface area contributed by atoms with E-state index in [-0.39, 0.29) is 18.1 Å². The van der Waals surface area contributed by atoms with Crippen LogP contribution in [-0.2, 0) is 11.2 Å². The molecule has 156 valence electrons. The molecular formula is C21H24N6O3. The fraction of sp³-hybridized carbons (Fsp3) is 0.429. The van der Waals surface area contributed by atoms with Crippen molar-refractivity contribution in [2.75, 3.05) is 6.54 Å². The van der Waals surface area contributed by atoms with Gasteiger partial charge in [0, 0.05) is 18.9 Å². The van der Waals surface area contributed by atoms with Gasteiger partial charge in [-0.3, -0.25) is 9.88 Å². The number of carbonyl (C=O) groups is 1. The van der Waals surface area contributed by atoms with Gasteiger partial charge >= 0.3 is 6.09 Å². The molecule has 30 heavy (non-hydrogen) atoms. The molecule has 0 spiro atoms. The summed E-state index contributed by atoms with van der Waals surface area (Å²) in [5.41, 5.74) is 1.25. The molecule has 1 amide bonds. The minimum Gasteiger partial charge on any atom is -0.472 e. The maximum Gasteiger partial charge on any atom is 0.410 e. The summed E-state index contributed by atoms with van der Waals surface area (Å²) in [5, 5.41) is 17.0. The standard InChI is InChI=1S/C21H24N6O3/c1-21(2,3)30-20(28)27-10-6-15(12-14-4-8-22-9-5-14)17(27)19-25-23-18(24-26-19)16-7-11-29-13-16/h4-5,7-9,11,13,15,17H,6,10,12H2,1-3H3/t15-,17+/m1/s1. The minimum atomic E-state index is -0.590. The summed E-state index contributed by atoms with van der Waals surface area (Å²) in [7, 11) is 0. The molecule has 1 aliphatic heterocycles. The summed E-state index contributed by atoms with van der Waals surface area (Å²) >= 11 is 0. The third-order valence-electron chi connectivity index (χ3n) is 4.94. The average molecular weight is 408 g/mol. The highest BCUT2D eigenvalue weighted by atomic mass is 16.6. The molecule has 1 aliphatic rings. The number of aromatic nitrogens is 5. The van der Waals surface area contributed by atoms with E-state index in [0.717, 1.165) is 18.4 Å². The lowest BCUT2D eigenvalue weighted by molar-refractivity contribution is 0.0195. The monoisotopic (exact) mass is 408 g/mol. The van der Waals surface area contributed by atoms with Gasteiger partial charge in [0.15, 0.2) is 5.82 Å². The van der Waals surface area contributed by atoms with Gasteiger partial charge in [-0.15, -0.1) is 20.4 Å². The number of hydrogen-bond donors (Lipinski definition) is 0. The SMILES string of the molecule is CC(C)(C)OC(=O)N1CC[C@H](Cc2ccncc2)[C@H]1c1nnc(-c2ccoc2)nn1. The molecule has 0 aliphatic carbocycles. The highest BCUT2D eigenvalue weighted by Gasteiger charge is 2.42. The topological polar surface area (TPSA) is 107 Å². The van der Waals surface area contributed by atoms with Gasteiger partial charge in [-0.05, 0) is 63.3 Å². The summed E-state index contributed by atoms with van der Waals surface area (Å²) in [5.74, 6) is 0.896. The van der Waals surface area contributed by atoms with Crippen molar-refractivity contribution in [2.45, 2.75) is 45.3 Å². The van der Waals surface area contributed by atoms with Crippen LogP contribution in [0.1, 0.15) is 44.6 Å². The third kappa shape index (κ3) is 4.45. The zero-order valence-electron chi connectivity index (χ0n) is 17.2. The van der Waals surface area contributed by atoms with Crippen molar-refractivity contribution in [1.29, 1.82) is 0 Å². The molecule has 3 aromatic heterocycles. The van der Waals surface area contributed by atoms with E-state index in [2.05, 4.69) is 25.4 Å². The number of amides is 1. The molecule has 0 bridgehead atoms. The lowest BCUT2D eigenvalue weighted by Crippen LogP contribution is -2.38. The van der Waals surface area contributed by atoms with Gasteiger partial charge < -0.3 is 9.15 Å². The van der Waals surface area contributed by atoms with Gasteiger partial charge in [0.2, 0.25) is 5.82 Å². The molecule has 1 fully saturated rings. The average Bonchev–Trinajstić information content (AvgIpc) is 3.38. The maximum atomic E-state index is 12.9. The second-order valence-electron chi connectivity index (χ2n) is 8.32. The van der Waals surface area contributed by atoms with Crippen molar-refractivity contribution in [1.82, 2.24) is 30.3 Å². The van der Waals surface area contributed by atoms with E-state index >= 15 is 0 Å². The van der Waals surface area contributed by atoms with Crippen LogP contribution < -0.4 is 0 Å². The Morgan fingerprint density at radius 2 is 1.90 bits per heavy atom. The van der Waals surface area contributed by atoms with Crippen molar-refractivity contribution in [2.24, 2.45) is 5.92 Å². The summed E-state index contributed by atoms with van der Waals surface area (Å²) in [6.45, 7) is 6.11. The van der Waals surface area contributed by atoms with E-state index in [0.29, 0.717) is 23.8 Å². The van der Waals surface area contributed by atoms with Crippen molar-refractivity contribution >= 4 is 6.09 Å². The van der Waals surface area contributed by atoms with Gasteiger partial charge in [-0.25, -0.2) is 4.79 Å². The number of furan rings is 1. The van der Waals surface area contributed by atoms with E-state index in [9.17, 15) is 4.79 Å². The largest absolute Gasteiger partial charge is 0.472 e. The Kier molecular flexibility index (Phi) is 5.43. The molecule has 4 heterocycles. The number of pyridine rings is 1. The van der Waals surface area contributed by atoms with Crippen LogP contribution >= 0.6 is 0 Å². The fourth-order valence-electron chi connectivity index (χ4n) is 3.63. The third-order valence-corrected chi connectivity index (χ3v) is 4.94. The zero-order valence-corrected chi connectivity index (χ0v) is 17.2. The van der Waals surface area contributed by atoms with Gasteiger partial charge in [-0.2, -0.15) is 0 Å². The van der Waals surface area contributed by atoms with Crippen LogP contribution in [0, 0.1) is 5.92 Å². The second kappa shape index (κ2) is 8.17. The quantitative estimate of drug-likeness (QED) is 0.646. The van der Waals surface area contributed by atoms with E-state index in [1.54, 1.807) is 29.6 Å². The molecule has 9 heteroatoms. The summed E-state index contributed by atoms with van der Waals surface area (Å²) in [6.07, 6.45) is 7.80. The van der Waals surface area contributed by atoms with Crippen molar-refractivity contribution in [3.63, 3.8) is 0 Å². The molecular weight excluding hydrogens is 384 g/mol. The van der Waals surface area contributed by atoms with Crippen LogP contribution in [0.3, 0.4) is 0 Å². The highest BCUT2D eigenvalue weighted by molar-refractivity contribution is 5.69. The molecule has 0 unspecified atom stereocenters. The molecule has 0 saturated carbocycles. The van der Waals surface area contributed by atoms with Crippen LogP contribution in [-0.4, -0.2) is 48.5 Å². The Labute approximate surface area is 174 Å². The van der Waals surface area contributed by atoms with Crippen LogP contribution in [0.4, 0.5) is 4.79 Å². The van der Waals surface area contributed by atoms with Crippen molar-refractivity contribution in [3.8, 4) is 11.4 Å². The van der Waals surface area contributed by atoms with Crippen LogP contribution in [0.25, 0.3) is 11.4 Å². The highest BCUT2D eigenvalue weighted by Crippen LogP contribution is 2.38. The number of likely N-dealkylation sites (tertiary alicyclic amines) is 1. The number of hydrogen-bond acceptors (Lipinski definition) is 8. The molecule has 1 saturated heterocycles. The Morgan fingerprint density at radius 1 is 1.17 bits per heavy atom. The lowest BCUT2D eigenvalue weighted by atomic mass is 9.92. The lowest BCUT2D eigenvalue weighted by Gasteiger charge is -2.29. The molecule has 0 N–H and O–H groups in total. The normalized spacial score (nSPS) is 19.1. The van der Waals surface area contributed by atoms with E-state index in [1.807, 2.05) is 32.9 Å². The van der Waals surface area contributed by atoms with E-state index in [1.165, 1.54) is 6.26 Å². The number of carbonyl (C=O) groups excluding carboxylic acids is 1. The Hall–Kier alpha value is -3.36. The maximum absolute atomic E-state index is 12.9. The Bertz CT molecular complexity index is 970. The summed E-state index contributed by atoms with van der Waals surface area (Å²) < 4.78 is 10.7. The molecule has 2 atom stereocenters. The first-order valence-electron chi connectivity index (χ1n) is 9.89. The molecule has 4 rings (SSSR count). The molecule has 3 aromatic rings. The van der Waals surface area contributed by atoms with Crippen molar-refractivity contribution in [3.05, 3.63) is 54.5 Å². The molecule has 0 aromatic carbocycles. The van der Waals surface area contributed by atoms with Crippen LogP contribution in [0.5, 0.6) is 0 Å². The van der Waals surface area contributed by atoms with Crippen LogP contribution in [0.2, 0.25) is 0 Å². The number of nitrogens with zero attached hydrogens (tertiary/aromatic N) is 6. The number of rotatable bonds is 4.